The average Bonchev–Trinajstić information content (AvgIpc) is 2.50. The topological polar surface area (TPSA) is 47.0 Å². The Bertz CT molecular complexity index is 382. The van der Waals surface area contributed by atoms with Crippen molar-refractivity contribution in [2.24, 2.45) is 0 Å². The van der Waals surface area contributed by atoms with Gasteiger partial charge in [-0.1, -0.05) is 20.8 Å². The third-order valence-corrected chi connectivity index (χ3v) is 3.56. The minimum absolute atomic E-state index is 0.0436. The Morgan fingerprint density at radius 1 is 1.05 bits per heavy atom. The van der Waals surface area contributed by atoms with Crippen LogP contribution in [0.3, 0.4) is 0 Å². The molecule has 1 N–H and O–H groups in total. The summed E-state index contributed by atoms with van der Waals surface area (Å²) >= 11 is 0. The number of ether oxygens (including phenoxy) is 1. The molecule has 1 heterocycles. The van der Waals surface area contributed by atoms with Crippen molar-refractivity contribution in [3.05, 3.63) is 22.8 Å². The van der Waals surface area contributed by atoms with Gasteiger partial charge in [0.2, 0.25) is 0 Å². The van der Waals surface area contributed by atoms with Gasteiger partial charge in [-0.15, -0.1) is 0 Å². The van der Waals surface area contributed by atoms with Crippen molar-refractivity contribution in [1.82, 2.24) is 15.3 Å². The number of rotatable bonds is 9. The second-order valence-electron chi connectivity index (χ2n) is 5.04. The number of nitrogens with zero attached hydrogens (tertiary/aromatic N) is 2. The van der Waals surface area contributed by atoms with Crippen LogP contribution in [0, 0.1) is 0 Å². The van der Waals surface area contributed by atoms with Crippen LogP contribution in [0.1, 0.15) is 63.0 Å². The summed E-state index contributed by atoms with van der Waals surface area (Å²) in [6, 6.07) is 0. The molecular formula is C16H29N3O. The molecule has 0 spiro atoms. The van der Waals surface area contributed by atoms with Gasteiger partial charge in [-0.2, -0.15) is 0 Å². The summed E-state index contributed by atoms with van der Waals surface area (Å²) in [4.78, 5) is 9.41. The summed E-state index contributed by atoms with van der Waals surface area (Å²) in [5.41, 5.74) is 3.67. The van der Waals surface area contributed by atoms with E-state index in [4.69, 9.17) is 14.7 Å². The lowest BCUT2D eigenvalue weighted by atomic mass is 10.0. The Balaban J connectivity index is 2.96. The molecule has 0 aliphatic heterocycles. The lowest BCUT2D eigenvalue weighted by Crippen LogP contribution is -2.20. The zero-order valence-electron chi connectivity index (χ0n) is 13.6. The van der Waals surface area contributed by atoms with Gasteiger partial charge in [-0.05, 0) is 51.3 Å². The van der Waals surface area contributed by atoms with E-state index in [0.29, 0.717) is 0 Å². The minimum Gasteiger partial charge on any atom is -0.374 e. The second kappa shape index (κ2) is 9.03. The molecule has 1 unspecified atom stereocenters. The largest absolute Gasteiger partial charge is 0.374 e. The second-order valence-corrected chi connectivity index (χ2v) is 5.04. The van der Waals surface area contributed by atoms with E-state index in [2.05, 4.69) is 26.1 Å². The lowest BCUT2D eigenvalue weighted by molar-refractivity contribution is 0.111. The molecule has 114 valence electrons. The predicted octanol–water partition coefficient (Wildman–Crippen LogP) is 2.85. The fourth-order valence-corrected chi connectivity index (χ4v) is 2.28. The van der Waals surface area contributed by atoms with E-state index in [1.807, 2.05) is 6.92 Å². The van der Waals surface area contributed by atoms with Gasteiger partial charge in [0.25, 0.3) is 0 Å². The van der Waals surface area contributed by atoms with Gasteiger partial charge in [0.15, 0.2) is 5.82 Å². The molecule has 1 aromatic heterocycles. The van der Waals surface area contributed by atoms with E-state index in [9.17, 15) is 0 Å². The van der Waals surface area contributed by atoms with Crippen molar-refractivity contribution in [3.8, 4) is 0 Å². The molecule has 0 saturated heterocycles. The van der Waals surface area contributed by atoms with Gasteiger partial charge in [0.05, 0.1) is 0 Å². The van der Waals surface area contributed by atoms with Crippen LogP contribution in [0.2, 0.25) is 0 Å². The molecule has 0 saturated carbocycles. The molecule has 0 fully saturated rings. The van der Waals surface area contributed by atoms with Crippen molar-refractivity contribution in [2.45, 2.75) is 59.5 Å². The average molecular weight is 279 g/mol. The van der Waals surface area contributed by atoms with Crippen LogP contribution in [0.25, 0.3) is 0 Å². The highest BCUT2D eigenvalue weighted by atomic mass is 16.5. The highest BCUT2D eigenvalue weighted by Gasteiger charge is 2.15. The molecule has 1 atom stereocenters. The first-order valence-electron chi connectivity index (χ1n) is 7.79. The lowest BCUT2D eigenvalue weighted by Gasteiger charge is -2.16. The van der Waals surface area contributed by atoms with E-state index in [0.717, 1.165) is 38.2 Å². The standard InChI is InChI=1S/C16H29N3O/c1-6-10-17-11-9-13-14(7-2)18-16(12(4)20-5)19-15(13)8-3/h12,17H,6-11H2,1-5H3. The van der Waals surface area contributed by atoms with Crippen LogP contribution < -0.4 is 5.32 Å². The molecule has 1 rings (SSSR count). The summed E-state index contributed by atoms with van der Waals surface area (Å²) in [5, 5.41) is 3.45. The summed E-state index contributed by atoms with van der Waals surface area (Å²) < 4.78 is 5.35. The first kappa shape index (κ1) is 17.1. The SMILES string of the molecule is CCCNCCc1c(CC)nc(C(C)OC)nc1CC. The number of aryl methyl sites for hydroxylation is 2. The third kappa shape index (κ3) is 4.53. The molecule has 4 nitrogen and oxygen atoms in total. The highest BCUT2D eigenvalue weighted by molar-refractivity contribution is 5.27. The van der Waals surface area contributed by atoms with E-state index in [-0.39, 0.29) is 6.10 Å². The molecule has 0 radical (unpaired) electrons. The maximum absolute atomic E-state index is 5.35. The van der Waals surface area contributed by atoms with Crippen LogP contribution in [-0.2, 0) is 24.0 Å². The maximum atomic E-state index is 5.35. The number of methoxy groups -OCH3 is 1. The van der Waals surface area contributed by atoms with Gasteiger partial charge >= 0.3 is 0 Å². The van der Waals surface area contributed by atoms with Gasteiger partial charge in [-0.25, -0.2) is 9.97 Å². The van der Waals surface area contributed by atoms with E-state index < -0.39 is 0 Å². The number of nitrogens with one attached hydrogen (secondary N) is 1. The quantitative estimate of drug-likeness (QED) is 0.706. The van der Waals surface area contributed by atoms with Crippen LogP contribution in [0.5, 0.6) is 0 Å². The highest BCUT2D eigenvalue weighted by Crippen LogP contribution is 2.18. The summed E-state index contributed by atoms with van der Waals surface area (Å²) in [5.74, 6) is 0.812. The molecule has 1 aromatic rings. The van der Waals surface area contributed by atoms with Crippen molar-refractivity contribution >= 4 is 0 Å². The summed E-state index contributed by atoms with van der Waals surface area (Å²) in [6.45, 7) is 10.6. The number of aromatic nitrogens is 2. The van der Waals surface area contributed by atoms with Crippen LogP contribution in [-0.4, -0.2) is 30.2 Å². The van der Waals surface area contributed by atoms with Gasteiger partial charge in [0, 0.05) is 18.5 Å². The van der Waals surface area contributed by atoms with Gasteiger partial charge in [0.1, 0.15) is 6.10 Å². The van der Waals surface area contributed by atoms with Crippen molar-refractivity contribution < 1.29 is 4.74 Å². The van der Waals surface area contributed by atoms with Crippen molar-refractivity contribution in [1.29, 1.82) is 0 Å². The van der Waals surface area contributed by atoms with Crippen molar-refractivity contribution in [3.63, 3.8) is 0 Å². The number of hydrogen-bond acceptors (Lipinski definition) is 4. The zero-order chi connectivity index (χ0) is 15.0. The molecule has 0 aliphatic carbocycles. The fourth-order valence-electron chi connectivity index (χ4n) is 2.28. The number of hydrogen-bond donors (Lipinski definition) is 1. The maximum Gasteiger partial charge on any atom is 0.157 e. The zero-order valence-corrected chi connectivity index (χ0v) is 13.6. The minimum atomic E-state index is -0.0436. The molecule has 4 heteroatoms. The Morgan fingerprint density at radius 2 is 1.65 bits per heavy atom. The molecule has 0 aliphatic rings. The van der Waals surface area contributed by atoms with E-state index >= 15 is 0 Å². The fraction of sp³-hybridized carbons (Fsp3) is 0.750. The summed E-state index contributed by atoms with van der Waals surface area (Å²) in [6.07, 6.45) is 4.03. The van der Waals surface area contributed by atoms with Gasteiger partial charge in [-0.3, -0.25) is 0 Å². The first-order chi connectivity index (χ1) is 9.67. The van der Waals surface area contributed by atoms with E-state index in [1.54, 1.807) is 7.11 Å². The smallest absolute Gasteiger partial charge is 0.157 e. The van der Waals surface area contributed by atoms with E-state index in [1.165, 1.54) is 23.4 Å². The molecular weight excluding hydrogens is 250 g/mol. The first-order valence-corrected chi connectivity index (χ1v) is 7.79. The Kier molecular flexibility index (Phi) is 7.70. The molecule has 0 amide bonds. The van der Waals surface area contributed by atoms with Crippen LogP contribution in [0.15, 0.2) is 0 Å². The van der Waals surface area contributed by atoms with Crippen LogP contribution >= 0.6 is 0 Å². The third-order valence-electron chi connectivity index (χ3n) is 3.56. The normalized spacial score (nSPS) is 12.7. The predicted molar refractivity (Wildman–Crippen MR) is 83.1 cm³/mol. The molecule has 0 aromatic carbocycles. The monoisotopic (exact) mass is 279 g/mol. The molecule has 20 heavy (non-hydrogen) atoms. The molecule has 0 bridgehead atoms. The Hall–Kier alpha value is -1.00. The summed E-state index contributed by atoms with van der Waals surface area (Å²) in [7, 11) is 1.70. The Morgan fingerprint density at radius 3 is 2.10 bits per heavy atom. The van der Waals surface area contributed by atoms with Crippen molar-refractivity contribution in [2.75, 3.05) is 20.2 Å². The Labute approximate surface area is 123 Å². The van der Waals surface area contributed by atoms with Crippen LogP contribution in [0.4, 0.5) is 0 Å². The van der Waals surface area contributed by atoms with Gasteiger partial charge < -0.3 is 10.1 Å².